The van der Waals surface area contributed by atoms with Crippen LogP contribution in [0.25, 0.3) is 11.1 Å². The summed E-state index contributed by atoms with van der Waals surface area (Å²) in [6.07, 6.45) is 13.8. The first-order chi connectivity index (χ1) is 16.6. The van der Waals surface area contributed by atoms with Gasteiger partial charge in [-0.15, -0.1) is 0 Å². The monoisotopic (exact) mass is 476 g/mol. The van der Waals surface area contributed by atoms with E-state index < -0.39 is 0 Å². The van der Waals surface area contributed by atoms with Gasteiger partial charge >= 0.3 is 0 Å². The summed E-state index contributed by atoms with van der Waals surface area (Å²) >= 11 is 0. The van der Waals surface area contributed by atoms with E-state index in [0.29, 0.717) is 5.92 Å². The van der Waals surface area contributed by atoms with Gasteiger partial charge in [-0.1, -0.05) is 31.8 Å². The van der Waals surface area contributed by atoms with E-state index in [2.05, 4.69) is 62.3 Å². The van der Waals surface area contributed by atoms with Gasteiger partial charge in [-0.2, -0.15) is 0 Å². The second kappa shape index (κ2) is 11.9. The van der Waals surface area contributed by atoms with E-state index in [-0.39, 0.29) is 0 Å². The normalized spacial score (nSPS) is 18.6. The first-order valence-corrected chi connectivity index (χ1v) is 14.0. The zero-order chi connectivity index (χ0) is 25.9. The third-order valence-electron chi connectivity index (χ3n) is 9.84. The lowest BCUT2D eigenvalue weighted by Gasteiger charge is -2.28. The van der Waals surface area contributed by atoms with Crippen LogP contribution < -0.4 is 0 Å². The minimum Gasteiger partial charge on any atom is -0.216 e. The molecular formula is C34H49F. The Morgan fingerprint density at radius 2 is 1.00 bits per heavy atom. The van der Waals surface area contributed by atoms with Crippen LogP contribution in [-0.4, -0.2) is 0 Å². The Kier molecular flexibility index (Phi) is 9.41. The first kappa shape index (κ1) is 27.7. The van der Waals surface area contributed by atoms with Crippen molar-refractivity contribution in [2.75, 3.05) is 0 Å². The van der Waals surface area contributed by atoms with E-state index in [1.165, 1.54) is 113 Å². The fraction of sp³-hybridized carbons (Fsp3) is 0.588. The summed E-state index contributed by atoms with van der Waals surface area (Å²) in [5.74, 6) is 1.59. The molecule has 1 fully saturated rings. The number of benzene rings is 2. The molecule has 192 valence electrons. The van der Waals surface area contributed by atoms with Crippen molar-refractivity contribution in [3.63, 3.8) is 0 Å². The highest BCUT2D eigenvalue weighted by atomic mass is 19.1. The highest BCUT2D eigenvalue weighted by Gasteiger charge is 2.22. The van der Waals surface area contributed by atoms with Gasteiger partial charge in [0.15, 0.2) is 0 Å². The molecule has 0 spiro atoms. The molecule has 0 N–H and O–H groups in total. The summed E-state index contributed by atoms with van der Waals surface area (Å²) in [4.78, 5) is 0. The van der Waals surface area contributed by atoms with Crippen molar-refractivity contribution >= 4 is 0 Å². The van der Waals surface area contributed by atoms with E-state index in [9.17, 15) is 4.39 Å². The van der Waals surface area contributed by atoms with Crippen LogP contribution >= 0.6 is 0 Å². The number of rotatable bonds is 8. The molecule has 1 aliphatic carbocycles. The van der Waals surface area contributed by atoms with E-state index in [1.54, 1.807) is 11.6 Å². The van der Waals surface area contributed by atoms with Gasteiger partial charge in [0.25, 0.3) is 0 Å². The van der Waals surface area contributed by atoms with Crippen LogP contribution in [0.5, 0.6) is 0 Å². The molecule has 1 heteroatoms. The Bertz CT molecular complexity index is 1020. The molecule has 0 radical (unpaired) electrons. The maximum atomic E-state index is 12.3. The van der Waals surface area contributed by atoms with Gasteiger partial charge in [0.05, 0.1) is 6.33 Å². The molecule has 0 heterocycles. The molecule has 1 aliphatic rings. The van der Waals surface area contributed by atoms with Crippen molar-refractivity contribution in [3.8, 4) is 11.1 Å². The fourth-order valence-electron chi connectivity index (χ4n) is 6.75. The van der Waals surface area contributed by atoms with Crippen molar-refractivity contribution in [2.24, 2.45) is 11.8 Å². The maximum absolute atomic E-state index is 12.3. The molecule has 0 unspecified atom stereocenters. The van der Waals surface area contributed by atoms with Crippen LogP contribution in [0.2, 0.25) is 0 Å². The lowest BCUT2D eigenvalue weighted by molar-refractivity contribution is 0.260. The lowest BCUT2D eigenvalue weighted by Crippen LogP contribution is -2.14. The standard InChI is InChI=1S/C34H49F/c1-21-22(2)26(6)33(27(7)23(21)3)34-28(8)24(4)32(25(5)29(34)9)15-11-10-13-30-16-18-31(19-17-30)14-12-20-35/h12,20,30-31H,10-11,13-19H2,1-9H3/b20-12+. The smallest absolute Gasteiger partial charge is 0.0827 e. The van der Waals surface area contributed by atoms with E-state index in [4.69, 9.17) is 0 Å². The van der Waals surface area contributed by atoms with Gasteiger partial charge in [0, 0.05) is 0 Å². The van der Waals surface area contributed by atoms with Crippen LogP contribution in [0, 0.1) is 74.1 Å². The molecule has 2 aromatic carbocycles. The van der Waals surface area contributed by atoms with E-state index in [1.807, 2.05) is 0 Å². The third-order valence-corrected chi connectivity index (χ3v) is 9.84. The fourth-order valence-corrected chi connectivity index (χ4v) is 6.75. The van der Waals surface area contributed by atoms with Crippen molar-refractivity contribution in [3.05, 3.63) is 68.0 Å². The Hall–Kier alpha value is -1.89. The quantitative estimate of drug-likeness (QED) is 0.332. The molecular weight excluding hydrogens is 427 g/mol. The topological polar surface area (TPSA) is 0 Å². The summed E-state index contributed by atoms with van der Waals surface area (Å²) in [5.41, 5.74) is 17.7. The van der Waals surface area contributed by atoms with Crippen LogP contribution in [0.4, 0.5) is 4.39 Å². The molecule has 0 aromatic heterocycles. The van der Waals surface area contributed by atoms with Gasteiger partial charge in [-0.3, -0.25) is 0 Å². The summed E-state index contributed by atoms with van der Waals surface area (Å²) in [5, 5.41) is 0. The second-order valence-corrected chi connectivity index (χ2v) is 11.6. The highest BCUT2D eigenvalue weighted by molar-refractivity contribution is 5.81. The molecule has 1 saturated carbocycles. The molecule has 0 nitrogen and oxygen atoms in total. The number of hydrogen-bond acceptors (Lipinski definition) is 0. The van der Waals surface area contributed by atoms with Crippen molar-refractivity contribution in [1.29, 1.82) is 0 Å². The zero-order valence-electron chi connectivity index (χ0n) is 24.1. The molecule has 0 saturated heterocycles. The minimum absolute atomic E-state index is 0.710. The van der Waals surface area contributed by atoms with Crippen LogP contribution in [0.3, 0.4) is 0 Å². The molecule has 3 rings (SSSR count). The molecule has 35 heavy (non-hydrogen) atoms. The number of hydrogen-bond donors (Lipinski definition) is 0. The average molecular weight is 477 g/mol. The lowest BCUT2D eigenvalue weighted by atomic mass is 9.78. The van der Waals surface area contributed by atoms with Gasteiger partial charge < -0.3 is 0 Å². The van der Waals surface area contributed by atoms with Gasteiger partial charge in [-0.25, -0.2) is 4.39 Å². The number of unbranched alkanes of at least 4 members (excludes halogenated alkanes) is 1. The van der Waals surface area contributed by atoms with Crippen molar-refractivity contribution in [1.82, 2.24) is 0 Å². The first-order valence-electron chi connectivity index (χ1n) is 14.0. The second-order valence-electron chi connectivity index (χ2n) is 11.6. The van der Waals surface area contributed by atoms with E-state index >= 15 is 0 Å². The largest absolute Gasteiger partial charge is 0.216 e. The van der Waals surface area contributed by atoms with E-state index in [0.717, 1.165) is 18.7 Å². The Morgan fingerprint density at radius 1 is 0.571 bits per heavy atom. The van der Waals surface area contributed by atoms with Crippen molar-refractivity contribution in [2.45, 2.75) is 120 Å². The molecule has 0 atom stereocenters. The number of halogens is 1. The maximum Gasteiger partial charge on any atom is 0.0827 e. The van der Waals surface area contributed by atoms with Crippen molar-refractivity contribution < 1.29 is 4.39 Å². The highest BCUT2D eigenvalue weighted by Crippen LogP contribution is 2.41. The molecule has 0 amide bonds. The molecule has 2 aromatic rings. The molecule has 0 bridgehead atoms. The summed E-state index contributed by atoms with van der Waals surface area (Å²) in [7, 11) is 0. The van der Waals surface area contributed by atoms with Crippen LogP contribution in [0.1, 0.15) is 107 Å². The Labute approximate surface area is 215 Å². The Morgan fingerprint density at radius 3 is 1.49 bits per heavy atom. The summed E-state index contributed by atoms with van der Waals surface area (Å²) in [6, 6.07) is 0. The summed E-state index contributed by atoms with van der Waals surface area (Å²) < 4.78 is 12.3. The third kappa shape index (κ3) is 5.76. The predicted molar refractivity (Wildman–Crippen MR) is 152 cm³/mol. The number of allylic oxidation sites excluding steroid dienone is 1. The molecule has 0 aliphatic heterocycles. The van der Waals surface area contributed by atoms with Gasteiger partial charge in [0.1, 0.15) is 0 Å². The minimum atomic E-state index is 0.710. The summed E-state index contributed by atoms with van der Waals surface area (Å²) in [6.45, 7) is 20.9. The van der Waals surface area contributed by atoms with Gasteiger partial charge in [-0.05, 0) is 173 Å². The zero-order valence-corrected chi connectivity index (χ0v) is 24.1. The predicted octanol–water partition coefficient (Wildman–Crippen LogP) is 10.5. The van der Waals surface area contributed by atoms with Gasteiger partial charge in [0.2, 0.25) is 0 Å². The van der Waals surface area contributed by atoms with Crippen LogP contribution in [0.15, 0.2) is 12.4 Å². The SMILES string of the molecule is Cc1c(C)c(C)c(-c2c(C)c(C)c(CCCCC3CCC(C/C=C/F)CC3)c(C)c2C)c(C)c1C. The van der Waals surface area contributed by atoms with Crippen LogP contribution in [-0.2, 0) is 6.42 Å². The Balaban J connectivity index is 1.73. The average Bonchev–Trinajstić information content (AvgIpc) is 2.86.